The van der Waals surface area contributed by atoms with Gasteiger partial charge in [-0.3, -0.25) is 0 Å². The Labute approximate surface area is 306 Å². The molecule has 0 aliphatic carbocycles. The molecule has 0 aliphatic heterocycles. The second-order valence-electron chi connectivity index (χ2n) is 13.2. The summed E-state index contributed by atoms with van der Waals surface area (Å²) in [6, 6.07) is 65.2. The molecule has 0 amide bonds. The van der Waals surface area contributed by atoms with Gasteiger partial charge in [0.25, 0.3) is 0 Å². The van der Waals surface area contributed by atoms with E-state index in [1.54, 1.807) is 0 Å². The Balaban J connectivity index is 1.10. The van der Waals surface area contributed by atoms with Crippen LogP contribution in [0.15, 0.2) is 192 Å². The van der Waals surface area contributed by atoms with Gasteiger partial charge in [-0.15, -0.1) is 0 Å². The molecule has 0 N–H and O–H groups in total. The van der Waals surface area contributed by atoms with Gasteiger partial charge >= 0.3 is 0 Å². The molecule has 4 heteroatoms. The lowest BCUT2D eigenvalue weighted by atomic mass is 9.92. The number of furan rings is 1. The fourth-order valence-corrected chi connectivity index (χ4v) is 7.38. The molecule has 0 unspecified atom stereocenters. The molecule has 10 rings (SSSR count). The molecule has 0 aliphatic rings. The van der Waals surface area contributed by atoms with Crippen molar-refractivity contribution in [2.45, 2.75) is 0 Å². The molecule has 0 bridgehead atoms. The molecule has 0 fully saturated rings. The second-order valence-corrected chi connectivity index (χ2v) is 13.2. The van der Waals surface area contributed by atoms with Crippen LogP contribution in [0, 0.1) is 0 Å². The zero-order chi connectivity index (χ0) is 35.1. The van der Waals surface area contributed by atoms with Crippen molar-refractivity contribution >= 4 is 32.7 Å². The highest BCUT2D eigenvalue weighted by Crippen LogP contribution is 2.41. The number of fused-ring (bicyclic) bond motifs is 4. The van der Waals surface area contributed by atoms with Crippen LogP contribution in [-0.4, -0.2) is 15.0 Å². The minimum absolute atomic E-state index is 0.598. The highest BCUT2D eigenvalue weighted by atomic mass is 16.3. The first kappa shape index (κ1) is 30.6. The van der Waals surface area contributed by atoms with E-state index in [1.165, 1.54) is 27.5 Å². The largest absolute Gasteiger partial charge is 0.456 e. The van der Waals surface area contributed by atoms with Crippen molar-refractivity contribution in [3.8, 4) is 67.5 Å². The summed E-state index contributed by atoms with van der Waals surface area (Å²) >= 11 is 0. The predicted octanol–water partition coefficient (Wildman–Crippen LogP) is 12.9. The van der Waals surface area contributed by atoms with Crippen molar-refractivity contribution < 1.29 is 4.42 Å². The van der Waals surface area contributed by atoms with Gasteiger partial charge in [-0.25, -0.2) is 15.0 Å². The Morgan fingerprint density at radius 2 is 0.774 bits per heavy atom. The quantitative estimate of drug-likeness (QED) is 0.176. The van der Waals surface area contributed by atoms with Crippen molar-refractivity contribution in [2.24, 2.45) is 0 Å². The summed E-state index contributed by atoms with van der Waals surface area (Å²) in [4.78, 5) is 15.2. The van der Waals surface area contributed by atoms with Gasteiger partial charge in [0.1, 0.15) is 11.2 Å². The van der Waals surface area contributed by atoms with Crippen LogP contribution >= 0.6 is 0 Å². The van der Waals surface area contributed by atoms with E-state index in [0.717, 1.165) is 55.3 Å². The SMILES string of the molecule is c1ccc(-c2ccc(-c3nc(-c4ccccc4)nc(-c4cccc5oc6cc(-c7ccc(-c8ccccc8)c8ccccc78)ccc6c45)n3)cc2)cc1. The number of hydrogen-bond acceptors (Lipinski definition) is 4. The average Bonchev–Trinajstić information content (AvgIpc) is 3.62. The van der Waals surface area contributed by atoms with E-state index in [9.17, 15) is 0 Å². The molecular weight excluding hydrogens is 647 g/mol. The molecule has 0 radical (unpaired) electrons. The van der Waals surface area contributed by atoms with Gasteiger partial charge in [0, 0.05) is 27.5 Å². The summed E-state index contributed by atoms with van der Waals surface area (Å²) < 4.78 is 6.60. The number of rotatable bonds is 6. The van der Waals surface area contributed by atoms with Gasteiger partial charge in [0.15, 0.2) is 17.5 Å². The second kappa shape index (κ2) is 12.9. The van der Waals surface area contributed by atoms with Crippen LogP contribution in [0.2, 0.25) is 0 Å². The Hall–Kier alpha value is -7.17. The number of hydrogen-bond donors (Lipinski definition) is 0. The Morgan fingerprint density at radius 1 is 0.283 bits per heavy atom. The van der Waals surface area contributed by atoms with Crippen LogP contribution < -0.4 is 0 Å². The molecule has 248 valence electrons. The Morgan fingerprint density at radius 3 is 1.43 bits per heavy atom. The molecule has 0 saturated carbocycles. The first-order chi connectivity index (χ1) is 26.3. The molecule has 2 heterocycles. The summed E-state index contributed by atoms with van der Waals surface area (Å²) in [5.41, 5.74) is 11.3. The first-order valence-electron chi connectivity index (χ1n) is 17.8. The number of benzene rings is 8. The third-order valence-corrected chi connectivity index (χ3v) is 9.98. The maximum Gasteiger partial charge on any atom is 0.164 e. The Bertz CT molecular complexity index is 2920. The van der Waals surface area contributed by atoms with Gasteiger partial charge in [-0.2, -0.15) is 0 Å². The van der Waals surface area contributed by atoms with Crippen molar-refractivity contribution in [2.75, 3.05) is 0 Å². The van der Waals surface area contributed by atoms with E-state index < -0.39 is 0 Å². The standard InChI is InChI=1S/C49H31N3O/c1-4-13-32(14-5-1)33-23-25-36(26-24-33)48-50-47(35-17-8-3-9-18-35)51-49(52-48)43-21-12-22-44-46(43)42-28-27-37(31-45(42)53-44)39-30-29-38(34-15-6-2-7-16-34)40-19-10-11-20-41(39)40/h1-31H. The van der Waals surface area contributed by atoms with E-state index >= 15 is 0 Å². The van der Waals surface area contributed by atoms with Gasteiger partial charge in [0.05, 0.1) is 0 Å². The first-order valence-corrected chi connectivity index (χ1v) is 17.8. The fraction of sp³-hybridized carbons (Fsp3) is 0. The van der Waals surface area contributed by atoms with E-state index in [1.807, 2.05) is 48.5 Å². The van der Waals surface area contributed by atoms with Gasteiger partial charge < -0.3 is 4.42 Å². The molecule has 53 heavy (non-hydrogen) atoms. The average molecular weight is 678 g/mol. The minimum atomic E-state index is 0.598. The lowest BCUT2D eigenvalue weighted by Crippen LogP contribution is -2.00. The summed E-state index contributed by atoms with van der Waals surface area (Å²) in [6.07, 6.45) is 0. The van der Waals surface area contributed by atoms with Crippen LogP contribution in [0.4, 0.5) is 0 Å². The highest BCUT2D eigenvalue weighted by Gasteiger charge is 2.19. The van der Waals surface area contributed by atoms with Crippen LogP contribution in [0.25, 0.3) is 100 Å². The molecular formula is C49H31N3O. The summed E-state index contributed by atoms with van der Waals surface area (Å²) in [5, 5.41) is 4.42. The maximum atomic E-state index is 6.60. The van der Waals surface area contributed by atoms with Crippen molar-refractivity contribution in [1.82, 2.24) is 15.0 Å². The molecule has 10 aromatic rings. The lowest BCUT2D eigenvalue weighted by molar-refractivity contribution is 0.669. The van der Waals surface area contributed by atoms with Crippen molar-refractivity contribution in [3.63, 3.8) is 0 Å². The monoisotopic (exact) mass is 677 g/mol. The number of aromatic nitrogens is 3. The smallest absolute Gasteiger partial charge is 0.164 e. The molecule has 2 aromatic heterocycles. The van der Waals surface area contributed by atoms with Crippen LogP contribution in [0.1, 0.15) is 0 Å². The summed E-state index contributed by atoms with van der Waals surface area (Å²) in [6.45, 7) is 0. The molecule has 8 aromatic carbocycles. The van der Waals surface area contributed by atoms with E-state index in [0.29, 0.717) is 17.5 Å². The summed E-state index contributed by atoms with van der Waals surface area (Å²) in [5.74, 6) is 1.84. The third kappa shape index (κ3) is 5.54. The Kier molecular flexibility index (Phi) is 7.43. The van der Waals surface area contributed by atoms with Crippen molar-refractivity contribution in [1.29, 1.82) is 0 Å². The lowest BCUT2D eigenvalue weighted by Gasteiger charge is -2.12. The van der Waals surface area contributed by atoms with Gasteiger partial charge in [-0.05, 0) is 62.4 Å². The minimum Gasteiger partial charge on any atom is -0.456 e. The molecule has 4 nitrogen and oxygen atoms in total. The molecule has 0 saturated heterocycles. The van der Waals surface area contributed by atoms with Crippen LogP contribution in [-0.2, 0) is 0 Å². The van der Waals surface area contributed by atoms with E-state index in [2.05, 4.69) is 140 Å². The van der Waals surface area contributed by atoms with Crippen molar-refractivity contribution in [3.05, 3.63) is 188 Å². The number of nitrogens with zero attached hydrogens (tertiary/aromatic N) is 3. The third-order valence-electron chi connectivity index (χ3n) is 9.98. The summed E-state index contributed by atoms with van der Waals surface area (Å²) in [7, 11) is 0. The highest BCUT2D eigenvalue weighted by molar-refractivity contribution is 6.13. The molecule has 0 spiro atoms. The van der Waals surface area contributed by atoms with E-state index in [4.69, 9.17) is 19.4 Å². The van der Waals surface area contributed by atoms with Gasteiger partial charge in [-0.1, -0.05) is 170 Å². The normalized spacial score (nSPS) is 11.4. The van der Waals surface area contributed by atoms with E-state index in [-0.39, 0.29) is 0 Å². The van der Waals surface area contributed by atoms with Crippen LogP contribution in [0.3, 0.4) is 0 Å². The predicted molar refractivity (Wildman–Crippen MR) is 217 cm³/mol. The zero-order valence-corrected chi connectivity index (χ0v) is 28.6. The topological polar surface area (TPSA) is 51.8 Å². The molecule has 0 atom stereocenters. The fourth-order valence-electron chi connectivity index (χ4n) is 7.38. The van der Waals surface area contributed by atoms with Crippen LogP contribution in [0.5, 0.6) is 0 Å². The van der Waals surface area contributed by atoms with Gasteiger partial charge in [0.2, 0.25) is 0 Å². The maximum absolute atomic E-state index is 6.60. The zero-order valence-electron chi connectivity index (χ0n) is 28.6.